The summed E-state index contributed by atoms with van der Waals surface area (Å²) < 4.78 is 43.7. The molecule has 0 aromatic heterocycles. The average molecular weight is 471 g/mol. The van der Waals surface area contributed by atoms with E-state index in [4.69, 9.17) is 4.74 Å². The van der Waals surface area contributed by atoms with Crippen molar-refractivity contribution in [3.63, 3.8) is 0 Å². The molecule has 1 aromatic rings. The molecule has 0 aliphatic heterocycles. The molecule has 8 heteroatoms. The number of benzene rings is 1. The third-order valence-electron chi connectivity index (χ3n) is 4.14. The quantitative estimate of drug-likeness (QED) is 0.277. The highest BCUT2D eigenvalue weighted by molar-refractivity contribution is 14.0. The number of ether oxygens (including phenoxy) is 1. The first kappa shape index (κ1) is 22.0. The van der Waals surface area contributed by atoms with Crippen molar-refractivity contribution in [1.82, 2.24) is 10.6 Å². The van der Waals surface area contributed by atoms with Crippen LogP contribution in [-0.2, 0) is 16.3 Å². The van der Waals surface area contributed by atoms with Crippen LogP contribution in [0, 0.1) is 0 Å². The minimum absolute atomic E-state index is 0. The zero-order valence-corrected chi connectivity index (χ0v) is 16.8. The van der Waals surface area contributed by atoms with Crippen molar-refractivity contribution in [1.29, 1.82) is 0 Å². The Bertz CT molecular complexity index is 575. The molecule has 1 saturated carbocycles. The van der Waals surface area contributed by atoms with Crippen LogP contribution in [0.25, 0.3) is 0 Å². The summed E-state index contributed by atoms with van der Waals surface area (Å²) in [6.07, 6.45) is -2.60. The maximum Gasteiger partial charge on any atom is 0.416 e. The molecule has 4 nitrogen and oxygen atoms in total. The number of rotatable bonds is 7. The van der Waals surface area contributed by atoms with Gasteiger partial charge in [-0.15, -0.1) is 24.0 Å². The Morgan fingerprint density at radius 3 is 2.56 bits per heavy atom. The smallest absolute Gasteiger partial charge is 0.383 e. The molecule has 0 saturated heterocycles. The summed E-state index contributed by atoms with van der Waals surface area (Å²) >= 11 is 0. The van der Waals surface area contributed by atoms with Crippen LogP contribution in [0.1, 0.15) is 30.9 Å². The molecular weight excluding hydrogens is 446 g/mol. The van der Waals surface area contributed by atoms with Crippen molar-refractivity contribution < 1.29 is 17.9 Å². The second-order valence-corrected chi connectivity index (χ2v) is 5.97. The molecule has 0 spiro atoms. The summed E-state index contributed by atoms with van der Waals surface area (Å²) in [5.74, 6) is 0.660. The average Bonchev–Trinajstić information content (AvgIpc) is 3.33. The highest BCUT2D eigenvalue weighted by atomic mass is 127. The van der Waals surface area contributed by atoms with Gasteiger partial charge in [0.1, 0.15) is 0 Å². The number of hydrogen-bond acceptors (Lipinski definition) is 2. The molecule has 0 heterocycles. The third kappa shape index (κ3) is 6.32. The SMILES string of the molecule is CCNC(=NCC1(c2cccc(C(F)(F)F)c2)CC1)NCCOC.I. The van der Waals surface area contributed by atoms with Gasteiger partial charge < -0.3 is 15.4 Å². The number of methoxy groups -OCH3 is 1. The van der Waals surface area contributed by atoms with E-state index in [1.807, 2.05) is 6.92 Å². The van der Waals surface area contributed by atoms with Gasteiger partial charge in [0.05, 0.1) is 18.7 Å². The monoisotopic (exact) mass is 471 g/mol. The van der Waals surface area contributed by atoms with Gasteiger partial charge >= 0.3 is 6.18 Å². The first-order chi connectivity index (χ1) is 11.4. The van der Waals surface area contributed by atoms with E-state index in [2.05, 4.69) is 15.6 Å². The van der Waals surface area contributed by atoms with Crippen molar-refractivity contribution in [3.05, 3.63) is 35.4 Å². The topological polar surface area (TPSA) is 45.7 Å². The van der Waals surface area contributed by atoms with Crippen LogP contribution in [0.5, 0.6) is 0 Å². The van der Waals surface area contributed by atoms with Crippen LogP contribution in [-0.4, -0.2) is 39.3 Å². The van der Waals surface area contributed by atoms with Gasteiger partial charge in [0, 0.05) is 25.6 Å². The largest absolute Gasteiger partial charge is 0.416 e. The van der Waals surface area contributed by atoms with Gasteiger partial charge in [0.15, 0.2) is 5.96 Å². The number of halogens is 4. The predicted octanol–water partition coefficient (Wildman–Crippen LogP) is 3.56. The molecule has 1 aliphatic rings. The van der Waals surface area contributed by atoms with Crippen molar-refractivity contribution in [3.8, 4) is 0 Å². The van der Waals surface area contributed by atoms with Crippen molar-refractivity contribution in [2.75, 3.05) is 33.4 Å². The highest BCUT2D eigenvalue weighted by Crippen LogP contribution is 2.49. The van der Waals surface area contributed by atoms with E-state index in [1.165, 1.54) is 12.1 Å². The minimum Gasteiger partial charge on any atom is -0.383 e. The molecule has 2 rings (SSSR count). The van der Waals surface area contributed by atoms with Gasteiger partial charge in [-0.3, -0.25) is 4.99 Å². The number of hydrogen-bond donors (Lipinski definition) is 2. The Balaban J connectivity index is 0.00000312. The molecule has 0 amide bonds. The zero-order valence-electron chi connectivity index (χ0n) is 14.4. The lowest BCUT2D eigenvalue weighted by Crippen LogP contribution is -2.39. The van der Waals surface area contributed by atoms with Crippen LogP contribution in [0.3, 0.4) is 0 Å². The van der Waals surface area contributed by atoms with Crippen LogP contribution in [0.2, 0.25) is 0 Å². The van der Waals surface area contributed by atoms with Gasteiger partial charge in [0.2, 0.25) is 0 Å². The Hall–Kier alpha value is -1.03. The van der Waals surface area contributed by atoms with Crippen molar-refractivity contribution in [2.45, 2.75) is 31.4 Å². The highest BCUT2D eigenvalue weighted by Gasteiger charge is 2.45. The van der Waals surface area contributed by atoms with E-state index in [0.717, 1.165) is 25.5 Å². The van der Waals surface area contributed by atoms with Gasteiger partial charge in [-0.05, 0) is 31.4 Å². The maximum atomic E-state index is 12.9. The van der Waals surface area contributed by atoms with Gasteiger partial charge in [0.25, 0.3) is 0 Å². The van der Waals surface area contributed by atoms with Crippen LogP contribution in [0.4, 0.5) is 13.2 Å². The lowest BCUT2D eigenvalue weighted by Gasteiger charge is -2.17. The molecule has 1 fully saturated rings. The van der Waals surface area contributed by atoms with E-state index in [1.54, 1.807) is 13.2 Å². The van der Waals surface area contributed by atoms with E-state index in [9.17, 15) is 13.2 Å². The molecule has 0 radical (unpaired) electrons. The minimum atomic E-state index is -4.31. The molecular formula is C17H25F3IN3O. The molecule has 142 valence electrons. The summed E-state index contributed by atoms with van der Waals surface area (Å²) in [5, 5.41) is 6.28. The second-order valence-electron chi connectivity index (χ2n) is 5.97. The Morgan fingerprint density at radius 2 is 2.00 bits per heavy atom. The normalized spacial score (nSPS) is 16.1. The summed E-state index contributed by atoms with van der Waals surface area (Å²) in [6.45, 7) is 4.33. The first-order valence-electron chi connectivity index (χ1n) is 8.10. The molecule has 25 heavy (non-hydrogen) atoms. The van der Waals surface area contributed by atoms with Crippen LogP contribution in [0.15, 0.2) is 29.3 Å². The lowest BCUT2D eigenvalue weighted by atomic mass is 9.94. The molecule has 2 N–H and O–H groups in total. The lowest BCUT2D eigenvalue weighted by molar-refractivity contribution is -0.137. The van der Waals surface area contributed by atoms with Crippen LogP contribution < -0.4 is 10.6 Å². The van der Waals surface area contributed by atoms with Crippen molar-refractivity contribution in [2.24, 2.45) is 4.99 Å². The van der Waals surface area contributed by atoms with E-state index >= 15 is 0 Å². The first-order valence-corrected chi connectivity index (χ1v) is 8.10. The number of guanidine groups is 1. The zero-order chi connectivity index (χ0) is 17.6. The predicted molar refractivity (Wildman–Crippen MR) is 104 cm³/mol. The summed E-state index contributed by atoms with van der Waals surface area (Å²) in [4.78, 5) is 4.55. The fraction of sp³-hybridized carbons (Fsp3) is 0.588. The molecule has 0 bridgehead atoms. The number of alkyl halides is 3. The fourth-order valence-corrected chi connectivity index (χ4v) is 2.56. The third-order valence-corrected chi connectivity index (χ3v) is 4.14. The molecule has 1 aromatic carbocycles. The summed E-state index contributed by atoms with van der Waals surface area (Å²) in [6, 6.07) is 5.61. The molecule has 0 atom stereocenters. The number of nitrogens with zero attached hydrogens (tertiary/aromatic N) is 1. The van der Waals surface area contributed by atoms with Gasteiger partial charge in [-0.25, -0.2) is 0 Å². The van der Waals surface area contributed by atoms with E-state index < -0.39 is 11.7 Å². The van der Waals surface area contributed by atoms with E-state index in [-0.39, 0.29) is 29.4 Å². The summed E-state index contributed by atoms with van der Waals surface area (Å²) in [7, 11) is 1.62. The van der Waals surface area contributed by atoms with E-state index in [0.29, 0.717) is 31.2 Å². The number of nitrogens with one attached hydrogen (secondary N) is 2. The maximum absolute atomic E-state index is 12.9. The van der Waals surface area contributed by atoms with Crippen molar-refractivity contribution >= 4 is 29.9 Å². The Morgan fingerprint density at radius 1 is 1.28 bits per heavy atom. The molecule has 0 unspecified atom stereocenters. The number of aliphatic imine (C=N–C) groups is 1. The second kappa shape index (κ2) is 9.61. The van der Waals surface area contributed by atoms with Gasteiger partial charge in [-0.2, -0.15) is 13.2 Å². The van der Waals surface area contributed by atoms with Crippen LogP contribution >= 0.6 is 24.0 Å². The molecule has 1 aliphatic carbocycles. The van der Waals surface area contributed by atoms with Gasteiger partial charge in [-0.1, -0.05) is 18.2 Å². The standard InChI is InChI=1S/C17H24F3N3O.HI/c1-3-21-15(22-9-10-24-2)23-12-16(7-8-16)13-5-4-6-14(11-13)17(18,19)20;/h4-6,11H,3,7-10,12H2,1-2H3,(H2,21,22,23);1H. The Labute approximate surface area is 163 Å². The summed E-state index contributed by atoms with van der Waals surface area (Å²) in [5.41, 5.74) is -0.153. The fourth-order valence-electron chi connectivity index (χ4n) is 2.56. The Kier molecular flexibility index (Phi) is 8.46.